The summed E-state index contributed by atoms with van der Waals surface area (Å²) in [7, 11) is 0. The van der Waals surface area contributed by atoms with Gasteiger partial charge < -0.3 is 4.57 Å². The molecule has 0 atom stereocenters. The van der Waals surface area contributed by atoms with Crippen molar-refractivity contribution >= 4 is 6.29 Å². The Morgan fingerprint density at radius 3 is 3.12 bits per heavy atom. The smallest absolute Gasteiger partial charge is 0.152 e. The fourth-order valence-corrected chi connectivity index (χ4v) is 1.21. The third kappa shape index (κ3) is 2.34. The Morgan fingerprint density at radius 1 is 1.44 bits per heavy atom. The summed E-state index contributed by atoms with van der Waals surface area (Å²) < 4.78 is 1.84. The summed E-state index contributed by atoms with van der Waals surface area (Å²) in [5.74, 6) is 5.79. The Labute approximate surface area is 93.0 Å². The first-order valence-corrected chi connectivity index (χ1v) is 4.75. The standard InChI is InChI=1S/C12H9N3O/c16-9-11-3-1-5-14-12(11)4-2-7-15-8-6-13-10-15/h1,3,5-6,8-10H,7H2. The molecule has 0 saturated heterocycles. The fourth-order valence-electron chi connectivity index (χ4n) is 1.21. The normalized spacial score (nSPS) is 9.25. The molecule has 0 amide bonds. The molecule has 0 N–H and O–H groups in total. The third-order valence-electron chi connectivity index (χ3n) is 1.99. The molecule has 0 unspecified atom stereocenters. The predicted molar refractivity (Wildman–Crippen MR) is 58.7 cm³/mol. The molecular formula is C12H9N3O. The van der Waals surface area contributed by atoms with E-state index in [0.29, 0.717) is 17.8 Å². The first-order valence-electron chi connectivity index (χ1n) is 4.75. The van der Waals surface area contributed by atoms with Crippen molar-refractivity contribution in [2.45, 2.75) is 6.54 Å². The first kappa shape index (κ1) is 10.1. The summed E-state index contributed by atoms with van der Waals surface area (Å²) in [5, 5.41) is 0. The van der Waals surface area contributed by atoms with Crippen molar-refractivity contribution in [3.63, 3.8) is 0 Å². The van der Waals surface area contributed by atoms with Gasteiger partial charge in [0.1, 0.15) is 5.69 Å². The summed E-state index contributed by atoms with van der Waals surface area (Å²) in [4.78, 5) is 18.6. The molecule has 0 saturated carbocycles. The van der Waals surface area contributed by atoms with E-state index < -0.39 is 0 Å². The van der Waals surface area contributed by atoms with Gasteiger partial charge in [0.05, 0.1) is 12.9 Å². The number of rotatable bonds is 2. The molecule has 16 heavy (non-hydrogen) atoms. The largest absolute Gasteiger partial charge is 0.326 e. The molecule has 2 rings (SSSR count). The Balaban J connectivity index is 2.14. The second-order valence-corrected chi connectivity index (χ2v) is 3.10. The molecule has 2 heterocycles. The fraction of sp³-hybridized carbons (Fsp3) is 0.0833. The third-order valence-corrected chi connectivity index (χ3v) is 1.99. The maximum Gasteiger partial charge on any atom is 0.152 e. The molecule has 0 radical (unpaired) electrons. The van der Waals surface area contributed by atoms with Crippen molar-refractivity contribution < 1.29 is 4.79 Å². The summed E-state index contributed by atoms with van der Waals surface area (Å²) in [6.45, 7) is 0.537. The van der Waals surface area contributed by atoms with E-state index in [1.54, 1.807) is 30.9 Å². The topological polar surface area (TPSA) is 47.8 Å². The van der Waals surface area contributed by atoms with E-state index in [-0.39, 0.29) is 0 Å². The van der Waals surface area contributed by atoms with E-state index in [9.17, 15) is 4.79 Å². The van der Waals surface area contributed by atoms with E-state index >= 15 is 0 Å². The van der Waals surface area contributed by atoms with Crippen molar-refractivity contribution in [2.24, 2.45) is 0 Å². The lowest BCUT2D eigenvalue weighted by Crippen LogP contribution is -1.93. The highest BCUT2D eigenvalue weighted by Crippen LogP contribution is 1.99. The van der Waals surface area contributed by atoms with Gasteiger partial charge in [-0.05, 0) is 18.1 Å². The average Bonchev–Trinajstić information content (AvgIpc) is 2.83. The predicted octanol–water partition coefficient (Wildman–Crippen LogP) is 1.14. The second-order valence-electron chi connectivity index (χ2n) is 3.10. The Hall–Kier alpha value is -2.41. The van der Waals surface area contributed by atoms with Gasteiger partial charge in [0.15, 0.2) is 6.29 Å². The molecule has 2 aromatic heterocycles. The highest BCUT2D eigenvalue weighted by Gasteiger charge is 1.96. The molecule has 0 aliphatic heterocycles. The van der Waals surface area contributed by atoms with Gasteiger partial charge in [-0.1, -0.05) is 5.92 Å². The second kappa shape index (κ2) is 4.89. The lowest BCUT2D eigenvalue weighted by atomic mass is 10.2. The van der Waals surface area contributed by atoms with Crippen molar-refractivity contribution in [1.29, 1.82) is 0 Å². The Morgan fingerprint density at radius 2 is 2.38 bits per heavy atom. The number of imidazole rings is 1. The van der Waals surface area contributed by atoms with Crippen molar-refractivity contribution in [3.8, 4) is 11.8 Å². The molecular weight excluding hydrogens is 202 g/mol. The van der Waals surface area contributed by atoms with Crippen LogP contribution in [-0.2, 0) is 6.54 Å². The number of aromatic nitrogens is 3. The van der Waals surface area contributed by atoms with Crippen LogP contribution >= 0.6 is 0 Å². The molecule has 0 aromatic carbocycles. The first-order chi connectivity index (χ1) is 7.90. The minimum absolute atomic E-state index is 0.512. The number of aldehydes is 1. The summed E-state index contributed by atoms with van der Waals surface area (Å²) in [6.07, 6.45) is 7.59. The minimum atomic E-state index is 0.512. The van der Waals surface area contributed by atoms with Gasteiger partial charge in [-0.3, -0.25) is 4.79 Å². The molecule has 2 aromatic rings. The van der Waals surface area contributed by atoms with Crippen LogP contribution in [0.3, 0.4) is 0 Å². The number of carbonyl (C=O) groups excluding carboxylic acids is 1. The number of hydrogen-bond acceptors (Lipinski definition) is 3. The molecule has 0 aliphatic carbocycles. The van der Waals surface area contributed by atoms with Crippen LogP contribution in [-0.4, -0.2) is 20.8 Å². The zero-order valence-corrected chi connectivity index (χ0v) is 8.50. The van der Waals surface area contributed by atoms with Crippen molar-refractivity contribution in [1.82, 2.24) is 14.5 Å². The average molecular weight is 211 g/mol. The Kier molecular flexibility index (Phi) is 3.10. The van der Waals surface area contributed by atoms with E-state index in [1.165, 1.54) is 0 Å². The SMILES string of the molecule is O=Cc1cccnc1C#CCn1ccnc1. The molecule has 0 fully saturated rings. The van der Waals surface area contributed by atoms with E-state index in [1.807, 2.05) is 10.8 Å². The number of pyridine rings is 1. The van der Waals surface area contributed by atoms with Gasteiger partial charge >= 0.3 is 0 Å². The van der Waals surface area contributed by atoms with Crippen molar-refractivity contribution in [2.75, 3.05) is 0 Å². The molecule has 0 aliphatic rings. The van der Waals surface area contributed by atoms with Crippen LogP contribution in [0.15, 0.2) is 37.1 Å². The van der Waals surface area contributed by atoms with E-state index in [2.05, 4.69) is 21.8 Å². The van der Waals surface area contributed by atoms with Crippen LogP contribution in [0.2, 0.25) is 0 Å². The maximum absolute atomic E-state index is 10.7. The van der Waals surface area contributed by atoms with Crippen molar-refractivity contribution in [3.05, 3.63) is 48.3 Å². The zero-order valence-electron chi connectivity index (χ0n) is 8.50. The zero-order chi connectivity index (χ0) is 11.2. The van der Waals surface area contributed by atoms with Crippen LogP contribution in [0.4, 0.5) is 0 Å². The molecule has 0 bridgehead atoms. The highest BCUT2D eigenvalue weighted by atomic mass is 16.1. The molecule has 78 valence electrons. The van der Waals surface area contributed by atoms with Crippen LogP contribution in [0.1, 0.15) is 16.1 Å². The lowest BCUT2D eigenvalue weighted by molar-refractivity contribution is 0.112. The van der Waals surface area contributed by atoms with Gasteiger partial charge in [0, 0.05) is 24.2 Å². The number of nitrogens with zero attached hydrogens (tertiary/aromatic N) is 3. The quantitative estimate of drug-likeness (QED) is 0.553. The van der Waals surface area contributed by atoms with Crippen LogP contribution in [0.5, 0.6) is 0 Å². The number of hydrogen-bond donors (Lipinski definition) is 0. The molecule has 4 nitrogen and oxygen atoms in total. The van der Waals surface area contributed by atoms with E-state index in [4.69, 9.17) is 0 Å². The van der Waals surface area contributed by atoms with Gasteiger partial charge in [0.25, 0.3) is 0 Å². The summed E-state index contributed by atoms with van der Waals surface area (Å²) >= 11 is 0. The minimum Gasteiger partial charge on any atom is -0.326 e. The van der Waals surface area contributed by atoms with Gasteiger partial charge in [-0.15, -0.1) is 0 Å². The number of carbonyl (C=O) groups is 1. The van der Waals surface area contributed by atoms with E-state index in [0.717, 1.165) is 6.29 Å². The Bertz CT molecular complexity index is 535. The highest BCUT2D eigenvalue weighted by molar-refractivity contribution is 5.78. The van der Waals surface area contributed by atoms with Crippen LogP contribution < -0.4 is 0 Å². The monoisotopic (exact) mass is 211 g/mol. The van der Waals surface area contributed by atoms with Gasteiger partial charge in [-0.2, -0.15) is 0 Å². The maximum atomic E-state index is 10.7. The summed E-state index contributed by atoms with van der Waals surface area (Å²) in [6, 6.07) is 3.41. The summed E-state index contributed by atoms with van der Waals surface area (Å²) in [5.41, 5.74) is 1.03. The van der Waals surface area contributed by atoms with Crippen LogP contribution in [0.25, 0.3) is 0 Å². The molecule has 0 spiro atoms. The lowest BCUT2D eigenvalue weighted by Gasteiger charge is -1.93. The van der Waals surface area contributed by atoms with Gasteiger partial charge in [-0.25, -0.2) is 9.97 Å². The molecule has 4 heteroatoms. The van der Waals surface area contributed by atoms with Gasteiger partial charge in [0.2, 0.25) is 0 Å². The van der Waals surface area contributed by atoms with Crippen LogP contribution in [0, 0.1) is 11.8 Å².